The van der Waals surface area contributed by atoms with E-state index in [0.717, 1.165) is 13.0 Å². The van der Waals surface area contributed by atoms with Gasteiger partial charge < -0.3 is 72.0 Å². The summed E-state index contributed by atoms with van der Waals surface area (Å²) in [5, 5.41) is 11.0. The van der Waals surface area contributed by atoms with Crippen LogP contribution < -0.4 is 5.32 Å². The lowest BCUT2D eigenvalue weighted by Crippen LogP contribution is -2.31. The molecule has 0 bridgehead atoms. The minimum absolute atomic E-state index is 0.300. The van der Waals surface area contributed by atoms with Crippen LogP contribution in [-0.2, 0) is 71.2 Å². The van der Waals surface area contributed by atoms with E-state index in [1.807, 2.05) is 0 Å². The Morgan fingerprint density at radius 2 is 0.540 bits per heavy atom. The number of ether oxygens (including phenoxy) is 13. The third-order valence-electron chi connectivity index (χ3n) is 9.26. The van der Waals surface area contributed by atoms with E-state index in [1.165, 1.54) is 96.3 Å². The lowest BCUT2D eigenvalue weighted by atomic mass is 10.0. The minimum Gasteiger partial charge on any atom is -0.480 e. The Morgan fingerprint density at radius 1 is 0.302 bits per heavy atom. The van der Waals surface area contributed by atoms with Gasteiger partial charge in [0, 0.05) is 13.2 Å². The molecule has 376 valence electrons. The van der Waals surface area contributed by atoms with Crippen molar-refractivity contribution in [3.63, 3.8) is 0 Å². The molecule has 0 aliphatic rings. The number of unbranched alkanes of at least 4 members (excludes halogenated alkanes) is 15. The Bertz CT molecular complexity index is 893. The van der Waals surface area contributed by atoms with Crippen molar-refractivity contribution < 1.29 is 76.3 Å². The maximum Gasteiger partial charge on any atom is 0.329 e. The lowest BCUT2D eigenvalue weighted by Gasteiger charge is -2.09. The van der Waals surface area contributed by atoms with Crippen LogP contribution in [0.5, 0.6) is 0 Å². The van der Waals surface area contributed by atoms with Gasteiger partial charge in [-0.25, -0.2) is 4.79 Å². The van der Waals surface area contributed by atoms with Gasteiger partial charge in [0.05, 0.1) is 152 Å². The first kappa shape index (κ1) is 61.4. The fraction of sp³-hybridized carbons (Fsp3) is 0.957. The van der Waals surface area contributed by atoms with E-state index in [9.17, 15) is 9.59 Å². The molecule has 0 radical (unpaired) electrons. The number of aliphatic carboxylic acids is 1. The topological polar surface area (TPSA) is 186 Å². The molecule has 0 fully saturated rings. The number of rotatable bonds is 57. The van der Waals surface area contributed by atoms with E-state index in [1.54, 1.807) is 0 Å². The lowest BCUT2D eigenvalue weighted by molar-refractivity contribution is -0.143. The van der Waals surface area contributed by atoms with Gasteiger partial charge >= 0.3 is 5.97 Å². The van der Waals surface area contributed by atoms with Crippen LogP contribution in [0.25, 0.3) is 0 Å². The summed E-state index contributed by atoms with van der Waals surface area (Å²) >= 11 is 0. The molecule has 17 nitrogen and oxygen atoms in total. The van der Waals surface area contributed by atoms with Crippen molar-refractivity contribution in [2.75, 3.05) is 178 Å². The molecule has 0 aromatic rings. The van der Waals surface area contributed by atoms with Crippen LogP contribution in [0.3, 0.4) is 0 Å². The van der Waals surface area contributed by atoms with Crippen LogP contribution in [0.1, 0.15) is 110 Å². The Balaban J connectivity index is 3.09. The van der Waals surface area contributed by atoms with E-state index < -0.39 is 18.5 Å². The van der Waals surface area contributed by atoms with Gasteiger partial charge in [-0.2, -0.15) is 0 Å². The molecule has 63 heavy (non-hydrogen) atoms. The van der Waals surface area contributed by atoms with Crippen LogP contribution in [-0.4, -0.2) is 195 Å². The van der Waals surface area contributed by atoms with E-state index >= 15 is 0 Å². The zero-order chi connectivity index (χ0) is 45.5. The zero-order valence-electron chi connectivity index (χ0n) is 39.5. The highest BCUT2D eigenvalue weighted by Gasteiger charge is 2.03. The minimum atomic E-state index is -1.12. The van der Waals surface area contributed by atoms with E-state index in [-0.39, 0.29) is 6.61 Å². The van der Waals surface area contributed by atoms with Crippen LogP contribution in [0.2, 0.25) is 0 Å². The van der Waals surface area contributed by atoms with Crippen LogP contribution in [0.15, 0.2) is 0 Å². The number of carbonyl (C=O) groups excluding carboxylic acids is 1. The van der Waals surface area contributed by atoms with Crippen LogP contribution >= 0.6 is 0 Å². The smallest absolute Gasteiger partial charge is 0.329 e. The summed E-state index contributed by atoms with van der Waals surface area (Å²) in [6.45, 7) is 13.8. The number of hydrogen-bond acceptors (Lipinski definition) is 15. The molecule has 0 aliphatic heterocycles. The molecule has 2 N–H and O–H groups in total. The quantitative estimate of drug-likeness (QED) is 0.0711. The molecule has 0 heterocycles. The summed E-state index contributed by atoms with van der Waals surface area (Å²) in [5.41, 5.74) is 0. The molecular formula is C46H91NO16. The van der Waals surface area contributed by atoms with Crippen molar-refractivity contribution in [2.45, 2.75) is 110 Å². The number of carboxylic acid groups (broad SMARTS) is 1. The molecule has 0 aromatic carbocycles. The number of nitrogens with one attached hydrogen (secondary N) is 1. The molecule has 1 amide bonds. The highest BCUT2D eigenvalue weighted by Crippen LogP contribution is 2.13. The van der Waals surface area contributed by atoms with Crippen molar-refractivity contribution in [1.82, 2.24) is 5.32 Å². The van der Waals surface area contributed by atoms with Crippen molar-refractivity contribution in [2.24, 2.45) is 0 Å². The van der Waals surface area contributed by atoms with Crippen molar-refractivity contribution >= 4 is 11.9 Å². The maximum atomic E-state index is 11.4. The number of amides is 1. The first-order valence-corrected chi connectivity index (χ1v) is 24.2. The molecule has 0 saturated carbocycles. The van der Waals surface area contributed by atoms with Crippen molar-refractivity contribution in [3.05, 3.63) is 0 Å². The van der Waals surface area contributed by atoms with E-state index in [0.29, 0.717) is 159 Å². The van der Waals surface area contributed by atoms with Gasteiger partial charge in [0.15, 0.2) is 0 Å². The monoisotopic (exact) mass is 914 g/mol. The molecule has 0 saturated heterocycles. The van der Waals surface area contributed by atoms with E-state index in [2.05, 4.69) is 17.0 Å². The van der Waals surface area contributed by atoms with Gasteiger partial charge in [0.2, 0.25) is 5.91 Å². The summed E-state index contributed by atoms with van der Waals surface area (Å²) in [5.74, 6) is -1.52. The Hall–Kier alpha value is -1.58. The first-order chi connectivity index (χ1) is 31.2. The summed E-state index contributed by atoms with van der Waals surface area (Å²) in [4.78, 5) is 21.7. The second kappa shape index (κ2) is 56.5. The maximum absolute atomic E-state index is 11.4. The highest BCUT2D eigenvalue weighted by atomic mass is 16.6. The summed E-state index contributed by atoms with van der Waals surface area (Å²) in [6, 6.07) is 0. The van der Waals surface area contributed by atoms with Gasteiger partial charge in [-0.15, -0.1) is 0 Å². The predicted octanol–water partition coefficient (Wildman–Crippen LogP) is 5.66. The summed E-state index contributed by atoms with van der Waals surface area (Å²) in [6.07, 6.45) is 22.1. The Kier molecular flexibility index (Phi) is 55.1. The zero-order valence-corrected chi connectivity index (χ0v) is 39.5. The number of carbonyl (C=O) groups is 2. The normalized spacial score (nSPS) is 11.5. The summed E-state index contributed by atoms with van der Waals surface area (Å²) < 4.78 is 70.7. The first-order valence-electron chi connectivity index (χ1n) is 24.2. The third-order valence-corrected chi connectivity index (χ3v) is 9.26. The largest absolute Gasteiger partial charge is 0.480 e. The second-order valence-electron chi connectivity index (χ2n) is 14.9. The van der Waals surface area contributed by atoms with E-state index in [4.69, 9.17) is 61.9 Å². The average Bonchev–Trinajstić information content (AvgIpc) is 3.27. The van der Waals surface area contributed by atoms with Crippen molar-refractivity contribution in [1.29, 1.82) is 0 Å². The average molecular weight is 914 g/mol. The van der Waals surface area contributed by atoms with Gasteiger partial charge in [-0.3, -0.25) is 4.79 Å². The highest BCUT2D eigenvalue weighted by molar-refractivity contribution is 5.77. The Labute approximate surface area is 380 Å². The number of carboxylic acids is 1. The van der Waals surface area contributed by atoms with Crippen molar-refractivity contribution in [3.8, 4) is 0 Å². The molecule has 17 heteroatoms. The SMILES string of the molecule is CCCCCCCCCCCCCCCCCCOCCOCCOCCOCCOCCOCCOCCOCCOCCOCCOCCOCCNC(=O)COCC(=O)O. The van der Waals surface area contributed by atoms with Crippen LogP contribution in [0.4, 0.5) is 0 Å². The fourth-order valence-electron chi connectivity index (χ4n) is 5.82. The molecule has 0 rings (SSSR count). The standard InChI is InChI=1S/C46H91NO16/c1-2-3-4-5-6-7-8-9-10-11-12-13-14-15-16-17-19-51-21-23-53-25-27-55-29-31-57-33-35-59-37-39-61-41-42-62-40-38-60-36-34-58-32-30-56-28-26-54-24-22-52-20-18-47-45(48)43-63-44-46(49)50/h2-44H2,1H3,(H,47,48)(H,49,50). The van der Waals surface area contributed by atoms with Gasteiger partial charge in [-0.1, -0.05) is 103 Å². The molecular weight excluding hydrogens is 822 g/mol. The summed E-state index contributed by atoms with van der Waals surface area (Å²) in [7, 11) is 0. The molecule has 0 spiro atoms. The van der Waals surface area contributed by atoms with Gasteiger partial charge in [0.25, 0.3) is 0 Å². The molecule has 0 atom stereocenters. The molecule has 0 aromatic heterocycles. The van der Waals surface area contributed by atoms with Gasteiger partial charge in [0.1, 0.15) is 13.2 Å². The van der Waals surface area contributed by atoms with Gasteiger partial charge in [-0.05, 0) is 6.42 Å². The molecule has 0 unspecified atom stereocenters. The predicted molar refractivity (Wildman–Crippen MR) is 241 cm³/mol. The second-order valence-corrected chi connectivity index (χ2v) is 14.9. The Morgan fingerprint density at radius 3 is 0.810 bits per heavy atom. The fourth-order valence-corrected chi connectivity index (χ4v) is 5.82. The number of hydrogen-bond donors (Lipinski definition) is 2. The third kappa shape index (κ3) is 58.4. The van der Waals surface area contributed by atoms with Crippen LogP contribution in [0, 0.1) is 0 Å². The molecule has 0 aliphatic carbocycles.